The summed E-state index contributed by atoms with van der Waals surface area (Å²) in [7, 11) is 0. The van der Waals surface area contributed by atoms with E-state index in [0.717, 1.165) is 28.6 Å². The summed E-state index contributed by atoms with van der Waals surface area (Å²) < 4.78 is 13.1. The van der Waals surface area contributed by atoms with Gasteiger partial charge in [0.1, 0.15) is 5.82 Å². The van der Waals surface area contributed by atoms with Crippen molar-refractivity contribution in [3.05, 3.63) is 58.0 Å². The summed E-state index contributed by atoms with van der Waals surface area (Å²) in [6.07, 6.45) is 2.35. The molecule has 0 spiro atoms. The van der Waals surface area contributed by atoms with Gasteiger partial charge in [0.25, 0.3) is 0 Å². The van der Waals surface area contributed by atoms with Gasteiger partial charge in [0.05, 0.1) is 6.04 Å². The van der Waals surface area contributed by atoms with Crippen molar-refractivity contribution in [2.24, 2.45) is 0 Å². The van der Waals surface area contributed by atoms with Crippen LogP contribution in [0.1, 0.15) is 35.7 Å². The number of thiophene rings is 1. The first kappa shape index (κ1) is 16.2. The molecule has 21 heavy (non-hydrogen) atoms. The van der Waals surface area contributed by atoms with Crippen molar-refractivity contribution in [1.29, 1.82) is 0 Å². The van der Waals surface area contributed by atoms with E-state index < -0.39 is 0 Å². The van der Waals surface area contributed by atoms with Crippen LogP contribution in [-0.2, 0) is 4.79 Å². The van der Waals surface area contributed by atoms with Gasteiger partial charge in [0, 0.05) is 16.6 Å². The summed E-state index contributed by atoms with van der Waals surface area (Å²) in [6.45, 7) is 0. The van der Waals surface area contributed by atoms with Gasteiger partial charge in [-0.25, -0.2) is 4.39 Å². The summed E-state index contributed by atoms with van der Waals surface area (Å²) >= 11 is 4.94. The molecular formula is C16H17BrFNOS. The van der Waals surface area contributed by atoms with Crippen LogP contribution < -0.4 is 5.32 Å². The van der Waals surface area contributed by atoms with Crippen LogP contribution in [0.4, 0.5) is 4.39 Å². The summed E-state index contributed by atoms with van der Waals surface area (Å²) in [5.41, 5.74) is 0.896. The van der Waals surface area contributed by atoms with Gasteiger partial charge in [0.15, 0.2) is 0 Å². The van der Waals surface area contributed by atoms with Crippen molar-refractivity contribution in [3.8, 4) is 0 Å². The van der Waals surface area contributed by atoms with Gasteiger partial charge in [-0.05, 0) is 42.0 Å². The fraction of sp³-hybridized carbons (Fsp3) is 0.312. The third kappa shape index (κ3) is 4.93. The normalized spacial score (nSPS) is 12.1. The Bertz CT molecular complexity index is 556. The number of halogens is 2. The van der Waals surface area contributed by atoms with Crippen molar-refractivity contribution in [3.63, 3.8) is 0 Å². The molecule has 1 amide bonds. The number of benzene rings is 1. The van der Waals surface area contributed by atoms with E-state index in [1.807, 2.05) is 17.5 Å². The smallest absolute Gasteiger partial charge is 0.220 e. The molecule has 2 rings (SSSR count). The molecule has 0 saturated heterocycles. The first-order valence-electron chi connectivity index (χ1n) is 6.85. The average Bonchev–Trinajstić information content (AvgIpc) is 3.00. The van der Waals surface area contributed by atoms with Crippen molar-refractivity contribution < 1.29 is 9.18 Å². The Morgan fingerprint density at radius 1 is 1.24 bits per heavy atom. The Morgan fingerprint density at radius 2 is 2.00 bits per heavy atom. The van der Waals surface area contributed by atoms with Crippen LogP contribution in [0, 0.1) is 5.82 Å². The Kier molecular flexibility index (Phi) is 6.39. The number of nitrogens with one attached hydrogen (secondary N) is 1. The molecule has 1 unspecified atom stereocenters. The van der Waals surface area contributed by atoms with Gasteiger partial charge in [0.2, 0.25) is 5.91 Å². The predicted octanol–water partition coefficient (Wildman–Crippen LogP) is 4.66. The zero-order chi connectivity index (χ0) is 15.1. The molecule has 0 fully saturated rings. The van der Waals surface area contributed by atoms with Crippen LogP contribution in [0.15, 0.2) is 41.8 Å². The Hall–Kier alpha value is -1.20. The quantitative estimate of drug-likeness (QED) is 0.558. The van der Waals surface area contributed by atoms with E-state index >= 15 is 0 Å². The highest BCUT2D eigenvalue weighted by Gasteiger charge is 2.17. The van der Waals surface area contributed by atoms with Gasteiger partial charge >= 0.3 is 0 Å². The number of carbonyl (C=O) groups is 1. The second-order valence-corrected chi connectivity index (χ2v) is 6.49. The first-order chi connectivity index (χ1) is 10.2. The molecule has 2 nitrogen and oxygen atoms in total. The largest absolute Gasteiger partial charge is 0.344 e. The minimum absolute atomic E-state index is 0.0266. The van der Waals surface area contributed by atoms with Crippen LogP contribution in [0.25, 0.3) is 0 Å². The fourth-order valence-electron chi connectivity index (χ4n) is 2.04. The van der Waals surface area contributed by atoms with E-state index in [1.54, 1.807) is 23.5 Å². The molecule has 0 aliphatic rings. The number of hydrogen-bond acceptors (Lipinski definition) is 2. The number of alkyl halides is 1. The molecular weight excluding hydrogens is 353 g/mol. The van der Waals surface area contributed by atoms with Gasteiger partial charge in [-0.1, -0.05) is 34.1 Å². The predicted molar refractivity (Wildman–Crippen MR) is 88.3 cm³/mol. The molecule has 1 N–H and O–H groups in total. The van der Waals surface area contributed by atoms with Crippen LogP contribution in [-0.4, -0.2) is 11.2 Å². The maximum absolute atomic E-state index is 13.1. The van der Waals surface area contributed by atoms with Gasteiger partial charge in [-0.3, -0.25) is 4.79 Å². The lowest BCUT2D eigenvalue weighted by molar-refractivity contribution is -0.121. The van der Waals surface area contributed by atoms with E-state index in [4.69, 9.17) is 0 Å². The SMILES string of the molecule is O=C(CCCCBr)NC(c1ccc(F)cc1)c1cccs1. The summed E-state index contributed by atoms with van der Waals surface area (Å²) in [4.78, 5) is 13.1. The molecule has 5 heteroatoms. The van der Waals surface area contributed by atoms with Crippen molar-refractivity contribution in [2.45, 2.75) is 25.3 Å². The molecule has 2 aromatic rings. The minimum Gasteiger partial charge on any atom is -0.344 e. The summed E-state index contributed by atoms with van der Waals surface area (Å²) in [5.74, 6) is -0.244. The monoisotopic (exact) mass is 369 g/mol. The molecule has 1 heterocycles. The van der Waals surface area contributed by atoms with Crippen molar-refractivity contribution in [1.82, 2.24) is 5.32 Å². The topological polar surface area (TPSA) is 29.1 Å². The molecule has 1 aromatic heterocycles. The van der Waals surface area contributed by atoms with Crippen molar-refractivity contribution in [2.75, 3.05) is 5.33 Å². The molecule has 0 saturated carbocycles. The molecule has 0 aliphatic heterocycles. The Labute approximate surface area is 136 Å². The maximum atomic E-state index is 13.1. The highest BCUT2D eigenvalue weighted by atomic mass is 79.9. The maximum Gasteiger partial charge on any atom is 0.220 e. The Morgan fingerprint density at radius 3 is 2.62 bits per heavy atom. The van der Waals surface area contributed by atoms with E-state index in [2.05, 4.69) is 21.2 Å². The third-order valence-corrected chi connectivity index (χ3v) is 4.62. The molecule has 0 bridgehead atoms. The van der Waals surface area contributed by atoms with Crippen molar-refractivity contribution >= 4 is 33.2 Å². The summed E-state index contributed by atoms with van der Waals surface area (Å²) in [6, 6.07) is 10.0. The lowest BCUT2D eigenvalue weighted by atomic mass is 10.0. The van der Waals surface area contributed by atoms with Gasteiger partial charge in [-0.15, -0.1) is 11.3 Å². The average molecular weight is 370 g/mol. The van der Waals surface area contributed by atoms with Gasteiger partial charge in [-0.2, -0.15) is 0 Å². The number of carbonyl (C=O) groups excluding carboxylic acids is 1. The zero-order valence-electron chi connectivity index (χ0n) is 11.5. The lowest BCUT2D eigenvalue weighted by Gasteiger charge is -2.18. The minimum atomic E-state index is -0.271. The second kappa shape index (κ2) is 8.29. The van der Waals surface area contributed by atoms with Crippen LogP contribution in [0.3, 0.4) is 0 Å². The van der Waals surface area contributed by atoms with E-state index in [0.29, 0.717) is 6.42 Å². The highest BCUT2D eigenvalue weighted by Crippen LogP contribution is 2.26. The number of unbranched alkanes of at least 4 members (excludes halogenated alkanes) is 1. The fourth-order valence-corrected chi connectivity index (χ4v) is 3.24. The zero-order valence-corrected chi connectivity index (χ0v) is 13.9. The summed E-state index contributed by atoms with van der Waals surface area (Å²) in [5, 5.41) is 5.93. The third-order valence-electron chi connectivity index (χ3n) is 3.12. The van der Waals surface area contributed by atoms with E-state index in [1.165, 1.54) is 12.1 Å². The number of rotatable bonds is 7. The Balaban J connectivity index is 2.10. The number of amides is 1. The first-order valence-corrected chi connectivity index (χ1v) is 8.85. The van der Waals surface area contributed by atoms with Gasteiger partial charge < -0.3 is 5.32 Å². The number of hydrogen-bond donors (Lipinski definition) is 1. The van der Waals surface area contributed by atoms with Crippen LogP contribution in [0.2, 0.25) is 0 Å². The standard InChI is InChI=1S/C16H17BrFNOS/c17-10-2-1-5-15(20)19-16(14-4-3-11-21-14)12-6-8-13(18)9-7-12/h3-4,6-9,11,16H,1-2,5,10H2,(H,19,20). The molecule has 0 radical (unpaired) electrons. The molecule has 112 valence electrons. The van der Waals surface area contributed by atoms with E-state index in [-0.39, 0.29) is 17.8 Å². The second-order valence-electron chi connectivity index (χ2n) is 4.71. The molecule has 1 atom stereocenters. The molecule has 0 aliphatic carbocycles. The lowest BCUT2D eigenvalue weighted by Crippen LogP contribution is -2.28. The van der Waals surface area contributed by atoms with Crippen LogP contribution in [0.5, 0.6) is 0 Å². The highest BCUT2D eigenvalue weighted by molar-refractivity contribution is 9.09. The molecule has 1 aromatic carbocycles. The van der Waals surface area contributed by atoms with E-state index in [9.17, 15) is 9.18 Å². The van der Waals surface area contributed by atoms with Crippen LogP contribution >= 0.6 is 27.3 Å².